The lowest BCUT2D eigenvalue weighted by molar-refractivity contribution is 0.192. The van der Waals surface area contributed by atoms with E-state index in [1.54, 1.807) is 0 Å². The molecule has 4 rings (SSSR count). The smallest absolute Gasteiger partial charge is 0.127 e. The van der Waals surface area contributed by atoms with Crippen LogP contribution in [0.5, 0.6) is 5.75 Å². The van der Waals surface area contributed by atoms with E-state index < -0.39 is 0 Å². The van der Waals surface area contributed by atoms with Crippen molar-refractivity contribution in [1.82, 2.24) is 15.1 Å². The summed E-state index contributed by atoms with van der Waals surface area (Å²) in [7, 11) is 0. The van der Waals surface area contributed by atoms with Crippen LogP contribution in [0.25, 0.3) is 10.8 Å². The fraction of sp³-hybridized carbons (Fsp3) is 0.381. The molecule has 130 valence electrons. The second-order valence-corrected chi connectivity index (χ2v) is 6.81. The summed E-state index contributed by atoms with van der Waals surface area (Å²) in [5.41, 5.74) is 1.29. The van der Waals surface area contributed by atoms with Crippen molar-refractivity contribution in [3.8, 4) is 5.75 Å². The highest BCUT2D eigenvalue weighted by atomic mass is 16.5. The van der Waals surface area contributed by atoms with E-state index in [2.05, 4.69) is 63.6 Å². The molecule has 0 aliphatic carbocycles. The average Bonchev–Trinajstić information content (AvgIpc) is 3.21. The maximum atomic E-state index is 6.05. The van der Waals surface area contributed by atoms with E-state index in [0.717, 1.165) is 38.4 Å². The largest absolute Gasteiger partial charge is 0.493 e. The SMILES string of the molecule is c1ccc2c(OCCCN3CCC(c4ccn[nH]4)CC3)cccc2c1. The topological polar surface area (TPSA) is 41.1 Å². The van der Waals surface area contributed by atoms with Crippen molar-refractivity contribution in [2.45, 2.75) is 25.2 Å². The first-order valence-corrected chi connectivity index (χ1v) is 9.22. The zero-order valence-electron chi connectivity index (χ0n) is 14.5. The molecule has 25 heavy (non-hydrogen) atoms. The number of aromatic nitrogens is 2. The normalized spacial score (nSPS) is 16.3. The van der Waals surface area contributed by atoms with Crippen LogP contribution >= 0.6 is 0 Å². The van der Waals surface area contributed by atoms with Crippen LogP contribution in [0.1, 0.15) is 30.9 Å². The number of nitrogens with one attached hydrogen (secondary N) is 1. The average molecular weight is 335 g/mol. The van der Waals surface area contributed by atoms with Gasteiger partial charge in [0.1, 0.15) is 5.75 Å². The summed E-state index contributed by atoms with van der Waals surface area (Å²) in [5, 5.41) is 9.63. The Balaban J connectivity index is 1.22. The van der Waals surface area contributed by atoms with Gasteiger partial charge in [0.25, 0.3) is 0 Å². The van der Waals surface area contributed by atoms with E-state index in [4.69, 9.17) is 4.74 Å². The lowest BCUT2D eigenvalue weighted by Gasteiger charge is -2.31. The fourth-order valence-corrected chi connectivity index (χ4v) is 3.75. The molecule has 2 aromatic carbocycles. The van der Waals surface area contributed by atoms with Crippen LogP contribution in [0.3, 0.4) is 0 Å². The van der Waals surface area contributed by atoms with Gasteiger partial charge in [-0.3, -0.25) is 5.10 Å². The van der Waals surface area contributed by atoms with Crippen molar-refractivity contribution in [2.75, 3.05) is 26.2 Å². The molecule has 0 spiro atoms. The Bertz CT molecular complexity index is 787. The molecule has 1 aromatic heterocycles. The Morgan fingerprint density at radius 2 is 1.88 bits per heavy atom. The molecule has 1 fully saturated rings. The number of hydrogen-bond donors (Lipinski definition) is 1. The summed E-state index contributed by atoms with van der Waals surface area (Å²) in [6.45, 7) is 4.21. The number of piperidine rings is 1. The van der Waals surface area contributed by atoms with Crippen LogP contribution in [0.2, 0.25) is 0 Å². The fourth-order valence-electron chi connectivity index (χ4n) is 3.75. The molecule has 3 aromatic rings. The Morgan fingerprint density at radius 1 is 1.04 bits per heavy atom. The third-order valence-electron chi connectivity index (χ3n) is 5.18. The summed E-state index contributed by atoms with van der Waals surface area (Å²) in [4.78, 5) is 2.55. The lowest BCUT2D eigenvalue weighted by atomic mass is 9.94. The molecule has 1 N–H and O–H groups in total. The minimum absolute atomic E-state index is 0.644. The summed E-state index contributed by atoms with van der Waals surface area (Å²) in [5.74, 6) is 1.64. The third kappa shape index (κ3) is 3.85. The van der Waals surface area contributed by atoms with Crippen molar-refractivity contribution in [3.05, 3.63) is 60.4 Å². The van der Waals surface area contributed by atoms with E-state index >= 15 is 0 Å². The molecular weight excluding hydrogens is 310 g/mol. The van der Waals surface area contributed by atoms with Crippen molar-refractivity contribution in [2.24, 2.45) is 0 Å². The van der Waals surface area contributed by atoms with Gasteiger partial charge in [0.2, 0.25) is 0 Å². The molecule has 1 aliphatic heterocycles. The minimum Gasteiger partial charge on any atom is -0.493 e. The number of nitrogens with zero attached hydrogens (tertiary/aromatic N) is 2. The van der Waals surface area contributed by atoms with Gasteiger partial charge >= 0.3 is 0 Å². The molecule has 0 saturated carbocycles. The van der Waals surface area contributed by atoms with Crippen molar-refractivity contribution in [1.29, 1.82) is 0 Å². The number of aromatic amines is 1. The minimum atomic E-state index is 0.644. The van der Waals surface area contributed by atoms with Gasteiger partial charge in [0.05, 0.1) is 6.61 Å². The van der Waals surface area contributed by atoms with Gasteiger partial charge in [-0.15, -0.1) is 0 Å². The summed E-state index contributed by atoms with van der Waals surface area (Å²) < 4.78 is 6.05. The van der Waals surface area contributed by atoms with Crippen LogP contribution in [-0.2, 0) is 0 Å². The van der Waals surface area contributed by atoms with Crippen molar-refractivity contribution in [3.63, 3.8) is 0 Å². The van der Waals surface area contributed by atoms with Gasteiger partial charge in [0, 0.05) is 29.7 Å². The van der Waals surface area contributed by atoms with Gasteiger partial charge in [-0.25, -0.2) is 0 Å². The maximum absolute atomic E-state index is 6.05. The van der Waals surface area contributed by atoms with Gasteiger partial charge in [-0.05, 0) is 49.9 Å². The predicted molar refractivity (Wildman–Crippen MR) is 101 cm³/mol. The molecule has 0 bridgehead atoms. The quantitative estimate of drug-likeness (QED) is 0.686. The second-order valence-electron chi connectivity index (χ2n) is 6.81. The first-order valence-electron chi connectivity index (χ1n) is 9.22. The van der Waals surface area contributed by atoms with Gasteiger partial charge in [-0.2, -0.15) is 5.10 Å². The Labute approximate surface area is 148 Å². The monoisotopic (exact) mass is 335 g/mol. The summed E-state index contributed by atoms with van der Waals surface area (Å²) in [6, 6.07) is 16.8. The molecule has 4 nitrogen and oxygen atoms in total. The highest BCUT2D eigenvalue weighted by molar-refractivity contribution is 5.88. The first-order chi connectivity index (χ1) is 12.4. The summed E-state index contributed by atoms with van der Waals surface area (Å²) >= 11 is 0. The van der Waals surface area contributed by atoms with E-state index in [0.29, 0.717) is 5.92 Å². The summed E-state index contributed by atoms with van der Waals surface area (Å²) in [6.07, 6.45) is 5.35. The van der Waals surface area contributed by atoms with Crippen molar-refractivity contribution >= 4 is 10.8 Å². The number of hydrogen-bond acceptors (Lipinski definition) is 3. The lowest BCUT2D eigenvalue weighted by Crippen LogP contribution is -2.34. The number of likely N-dealkylation sites (tertiary alicyclic amines) is 1. The molecule has 1 aliphatic rings. The van der Waals surface area contributed by atoms with Crippen LogP contribution < -0.4 is 4.74 Å². The molecule has 0 atom stereocenters. The number of ether oxygens (including phenoxy) is 1. The van der Waals surface area contributed by atoms with Crippen molar-refractivity contribution < 1.29 is 4.74 Å². The molecule has 0 amide bonds. The zero-order valence-corrected chi connectivity index (χ0v) is 14.5. The third-order valence-corrected chi connectivity index (χ3v) is 5.18. The van der Waals surface area contributed by atoms with Crippen LogP contribution in [-0.4, -0.2) is 41.3 Å². The van der Waals surface area contributed by atoms with Crippen LogP contribution in [0, 0.1) is 0 Å². The Kier molecular flexibility index (Phi) is 4.98. The van der Waals surface area contributed by atoms with Crippen LogP contribution in [0.15, 0.2) is 54.7 Å². The number of fused-ring (bicyclic) bond motifs is 1. The molecule has 0 unspecified atom stereocenters. The number of H-pyrrole nitrogens is 1. The molecule has 0 radical (unpaired) electrons. The molecular formula is C21H25N3O. The predicted octanol–water partition coefficient (Wildman–Crippen LogP) is 4.21. The number of benzene rings is 2. The standard InChI is InChI=1S/C21H25N3O/c1-2-7-19-17(5-1)6-3-8-21(19)25-16-4-13-24-14-10-18(11-15-24)20-9-12-22-23-20/h1-3,5-9,12,18H,4,10-11,13-16H2,(H,22,23). The van der Waals surface area contributed by atoms with Gasteiger partial charge in [-0.1, -0.05) is 36.4 Å². The van der Waals surface area contributed by atoms with Gasteiger partial charge < -0.3 is 9.64 Å². The Morgan fingerprint density at radius 3 is 2.72 bits per heavy atom. The molecule has 2 heterocycles. The number of rotatable bonds is 6. The Hall–Kier alpha value is -2.33. The van der Waals surface area contributed by atoms with Crippen LogP contribution in [0.4, 0.5) is 0 Å². The highest BCUT2D eigenvalue weighted by Gasteiger charge is 2.20. The van der Waals surface area contributed by atoms with Gasteiger partial charge in [0.15, 0.2) is 0 Å². The second kappa shape index (κ2) is 7.70. The zero-order chi connectivity index (χ0) is 16.9. The maximum Gasteiger partial charge on any atom is 0.127 e. The van der Waals surface area contributed by atoms with E-state index in [-0.39, 0.29) is 0 Å². The molecule has 1 saturated heterocycles. The van der Waals surface area contributed by atoms with E-state index in [1.807, 2.05) is 6.20 Å². The van der Waals surface area contributed by atoms with E-state index in [9.17, 15) is 0 Å². The first kappa shape index (κ1) is 16.2. The molecule has 4 heteroatoms. The highest BCUT2D eigenvalue weighted by Crippen LogP contribution is 2.27. The van der Waals surface area contributed by atoms with E-state index in [1.165, 1.54) is 29.3 Å².